The summed E-state index contributed by atoms with van der Waals surface area (Å²) in [5, 5.41) is 5.25. The number of anilines is 1. The van der Waals surface area contributed by atoms with Crippen molar-refractivity contribution in [3.63, 3.8) is 0 Å². The Morgan fingerprint density at radius 3 is 2.35 bits per heavy atom. The number of ether oxygens (including phenoxy) is 1. The molecule has 2 aromatic carbocycles. The van der Waals surface area contributed by atoms with Crippen LogP contribution in [0.2, 0.25) is 5.02 Å². The van der Waals surface area contributed by atoms with E-state index >= 15 is 0 Å². The molecule has 0 saturated carbocycles. The van der Waals surface area contributed by atoms with Gasteiger partial charge in [0.25, 0.3) is 5.91 Å². The van der Waals surface area contributed by atoms with Crippen LogP contribution in [0.15, 0.2) is 66.0 Å². The van der Waals surface area contributed by atoms with Crippen molar-refractivity contribution in [2.45, 2.75) is 13.0 Å². The summed E-state index contributed by atoms with van der Waals surface area (Å²) in [6.45, 7) is 1.70. The normalized spacial score (nSPS) is 11.6. The molecule has 0 fully saturated rings. The maximum absolute atomic E-state index is 12.4. The highest BCUT2D eigenvalue weighted by molar-refractivity contribution is 7.12. The van der Waals surface area contributed by atoms with E-state index in [2.05, 4.69) is 5.32 Å². The lowest BCUT2D eigenvalue weighted by atomic mass is 10.1. The number of amides is 1. The number of carbonyl (C=O) groups is 2. The fourth-order valence-electron chi connectivity index (χ4n) is 2.32. The predicted molar refractivity (Wildman–Crippen MR) is 105 cm³/mol. The third-order valence-corrected chi connectivity index (χ3v) is 4.79. The Balaban J connectivity index is 1.60. The summed E-state index contributed by atoms with van der Waals surface area (Å²) in [7, 11) is 0. The van der Waals surface area contributed by atoms with E-state index in [0.717, 1.165) is 0 Å². The summed E-state index contributed by atoms with van der Waals surface area (Å²) >= 11 is 7.22. The second kappa shape index (κ2) is 8.17. The van der Waals surface area contributed by atoms with Crippen molar-refractivity contribution in [2.75, 3.05) is 5.32 Å². The Morgan fingerprint density at radius 1 is 1.04 bits per heavy atom. The lowest BCUT2D eigenvalue weighted by Crippen LogP contribution is -2.23. The van der Waals surface area contributed by atoms with Crippen LogP contribution in [0.3, 0.4) is 0 Å². The number of Topliss-reactive ketones (excluding diaryl/α,β-unsaturated/α-hetero) is 1. The first-order valence-electron chi connectivity index (χ1n) is 7.94. The number of ketones is 1. The van der Waals surface area contributed by atoms with Crippen LogP contribution in [0.1, 0.15) is 27.0 Å². The van der Waals surface area contributed by atoms with Gasteiger partial charge < -0.3 is 10.1 Å². The van der Waals surface area contributed by atoms with Crippen molar-refractivity contribution >= 4 is 40.3 Å². The summed E-state index contributed by atoms with van der Waals surface area (Å²) in [6, 6.07) is 17.2. The Bertz CT molecular complexity index is 890. The first-order chi connectivity index (χ1) is 12.5. The molecule has 3 aromatic rings. The van der Waals surface area contributed by atoms with E-state index in [0.29, 0.717) is 26.9 Å². The second-order valence-electron chi connectivity index (χ2n) is 5.59. The molecule has 4 nitrogen and oxygen atoms in total. The van der Waals surface area contributed by atoms with Gasteiger partial charge in [0, 0.05) is 16.3 Å². The molecule has 0 saturated heterocycles. The van der Waals surface area contributed by atoms with E-state index < -0.39 is 6.10 Å². The number of carbonyl (C=O) groups excluding carboxylic acids is 2. The lowest BCUT2D eigenvalue weighted by molar-refractivity contribution is 0.0818. The Hall–Kier alpha value is -2.63. The molecule has 0 bridgehead atoms. The van der Waals surface area contributed by atoms with E-state index in [1.807, 2.05) is 11.4 Å². The molecule has 0 aliphatic heterocycles. The van der Waals surface area contributed by atoms with Crippen LogP contribution in [0.5, 0.6) is 5.75 Å². The van der Waals surface area contributed by atoms with Gasteiger partial charge in [-0.1, -0.05) is 17.7 Å². The van der Waals surface area contributed by atoms with Gasteiger partial charge in [0.15, 0.2) is 6.10 Å². The monoisotopic (exact) mass is 385 g/mol. The lowest BCUT2D eigenvalue weighted by Gasteiger charge is -2.14. The van der Waals surface area contributed by atoms with Gasteiger partial charge in [0.1, 0.15) is 5.75 Å². The third kappa shape index (κ3) is 4.50. The summed E-state index contributed by atoms with van der Waals surface area (Å²) in [5.41, 5.74) is 1.20. The number of rotatable bonds is 6. The Kier molecular flexibility index (Phi) is 5.71. The van der Waals surface area contributed by atoms with Gasteiger partial charge in [-0.15, -0.1) is 11.3 Å². The SMILES string of the molecule is CC(Oc1ccc(NC(=O)c2cccs2)cc1)C(=O)c1ccc(Cl)cc1. The van der Waals surface area contributed by atoms with Crippen LogP contribution < -0.4 is 10.1 Å². The molecule has 0 aliphatic rings. The van der Waals surface area contributed by atoms with E-state index in [9.17, 15) is 9.59 Å². The molecule has 1 amide bonds. The fraction of sp³-hybridized carbons (Fsp3) is 0.100. The maximum Gasteiger partial charge on any atom is 0.265 e. The highest BCUT2D eigenvalue weighted by Gasteiger charge is 2.17. The minimum atomic E-state index is -0.636. The van der Waals surface area contributed by atoms with Crippen molar-refractivity contribution in [2.24, 2.45) is 0 Å². The maximum atomic E-state index is 12.4. The average Bonchev–Trinajstić information content (AvgIpc) is 3.18. The summed E-state index contributed by atoms with van der Waals surface area (Å²) in [4.78, 5) is 25.0. The highest BCUT2D eigenvalue weighted by atomic mass is 35.5. The van der Waals surface area contributed by atoms with E-state index in [1.54, 1.807) is 61.5 Å². The standard InChI is InChI=1S/C20H16ClNO3S/c1-13(19(23)14-4-6-15(21)7-5-14)25-17-10-8-16(9-11-17)22-20(24)18-3-2-12-26-18/h2-13H,1H3,(H,22,24). The first-order valence-corrected chi connectivity index (χ1v) is 9.20. The number of nitrogens with one attached hydrogen (secondary N) is 1. The van der Waals surface area contributed by atoms with Gasteiger partial charge in [0.2, 0.25) is 5.78 Å². The van der Waals surface area contributed by atoms with E-state index in [4.69, 9.17) is 16.3 Å². The molecule has 0 radical (unpaired) electrons. The fourth-order valence-corrected chi connectivity index (χ4v) is 3.07. The molecule has 0 spiro atoms. The van der Waals surface area contributed by atoms with Crippen LogP contribution in [-0.4, -0.2) is 17.8 Å². The van der Waals surface area contributed by atoms with Crippen LogP contribution in [0.25, 0.3) is 0 Å². The van der Waals surface area contributed by atoms with Crippen molar-refractivity contribution < 1.29 is 14.3 Å². The second-order valence-corrected chi connectivity index (χ2v) is 6.97. The zero-order valence-corrected chi connectivity index (χ0v) is 15.5. The molecular weight excluding hydrogens is 370 g/mol. The molecule has 1 atom stereocenters. The van der Waals surface area contributed by atoms with Crippen molar-refractivity contribution in [3.05, 3.63) is 81.5 Å². The van der Waals surface area contributed by atoms with Crippen molar-refractivity contribution in [3.8, 4) is 5.75 Å². The Labute approximate surface area is 160 Å². The minimum absolute atomic E-state index is 0.128. The van der Waals surface area contributed by atoms with Crippen LogP contribution in [-0.2, 0) is 0 Å². The molecule has 26 heavy (non-hydrogen) atoms. The number of hydrogen-bond donors (Lipinski definition) is 1. The minimum Gasteiger partial charge on any atom is -0.483 e. The average molecular weight is 386 g/mol. The van der Waals surface area contributed by atoms with Crippen LogP contribution in [0.4, 0.5) is 5.69 Å². The molecule has 3 rings (SSSR count). The third-order valence-electron chi connectivity index (χ3n) is 3.67. The molecule has 1 heterocycles. The first kappa shape index (κ1) is 18.2. The predicted octanol–water partition coefficient (Wildman–Crippen LogP) is 5.30. The van der Waals surface area contributed by atoms with Crippen molar-refractivity contribution in [1.29, 1.82) is 0 Å². The number of halogens is 1. The van der Waals surface area contributed by atoms with Gasteiger partial charge in [-0.3, -0.25) is 9.59 Å². The molecule has 132 valence electrons. The number of benzene rings is 2. The number of thiophene rings is 1. The summed E-state index contributed by atoms with van der Waals surface area (Å²) in [6.07, 6.45) is -0.636. The molecule has 1 N–H and O–H groups in total. The van der Waals surface area contributed by atoms with Crippen LogP contribution in [0, 0.1) is 0 Å². The van der Waals surface area contributed by atoms with Gasteiger partial charge >= 0.3 is 0 Å². The summed E-state index contributed by atoms with van der Waals surface area (Å²) < 4.78 is 5.70. The summed E-state index contributed by atoms with van der Waals surface area (Å²) in [5.74, 6) is 0.269. The van der Waals surface area contributed by atoms with Crippen molar-refractivity contribution in [1.82, 2.24) is 0 Å². The quantitative estimate of drug-likeness (QED) is 0.585. The van der Waals surface area contributed by atoms with E-state index in [-0.39, 0.29) is 11.7 Å². The van der Waals surface area contributed by atoms with Gasteiger partial charge in [-0.2, -0.15) is 0 Å². The van der Waals surface area contributed by atoms with Gasteiger partial charge in [-0.05, 0) is 66.9 Å². The highest BCUT2D eigenvalue weighted by Crippen LogP contribution is 2.20. The molecule has 1 aromatic heterocycles. The molecule has 0 aliphatic carbocycles. The molecule has 1 unspecified atom stereocenters. The smallest absolute Gasteiger partial charge is 0.265 e. The molecular formula is C20H16ClNO3S. The Morgan fingerprint density at radius 2 is 1.73 bits per heavy atom. The topological polar surface area (TPSA) is 55.4 Å². The van der Waals surface area contributed by atoms with Crippen LogP contribution >= 0.6 is 22.9 Å². The van der Waals surface area contributed by atoms with Gasteiger partial charge in [0.05, 0.1) is 4.88 Å². The van der Waals surface area contributed by atoms with E-state index in [1.165, 1.54) is 11.3 Å². The number of hydrogen-bond acceptors (Lipinski definition) is 4. The zero-order valence-electron chi connectivity index (χ0n) is 13.9. The largest absolute Gasteiger partial charge is 0.483 e. The molecule has 6 heteroatoms. The van der Waals surface area contributed by atoms with Gasteiger partial charge in [-0.25, -0.2) is 0 Å². The zero-order chi connectivity index (χ0) is 18.5.